The van der Waals surface area contributed by atoms with Gasteiger partial charge in [0.1, 0.15) is 5.82 Å². The van der Waals surface area contributed by atoms with Crippen molar-refractivity contribution in [2.75, 3.05) is 36.4 Å². The van der Waals surface area contributed by atoms with Crippen molar-refractivity contribution in [2.24, 2.45) is 0 Å². The van der Waals surface area contributed by atoms with Gasteiger partial charge in [-0.25, -0.2) is 9.97 Å². The van der Waals surface area contributed by atoms with Crippen molar-refractivity contribution in [1.82, 2.24) is 15.3 Å². The highest BCUT2D eigenvalue weighted by molar-refractivity contribution is 7.13. The molecule has 0 bridgehead atoms. The van der Waals surface area contributed by atoms with Gasteiger partial charge in [-0.2, -0.15) is 0 Å². The van der Waals surface area contributed by atoms with Crippen LogP contribution in [0.1, 0.15) is 5.69 Å². The highest BCUT2D eigenvalue weighted by Gasteiger charge is 2.11. The molecule has 0 unspecified atom stereocenters. The Morgan fingerprint density at radius 1 is 1.40 bits per heavy atom. The second-order valence-corrected chi connectivity index (χ2v) is 5.40. The SMILES string of the molecule is C=Cc1csc(Nc2cc(N3CCNCC3)ccn2)n1. The lowest BCUT2D eigenvalue weighted by Crippen LogP contribution is -2.43. The number of pyridine rings is 1. The fourth-order valence-electron chi connectivity index (χ4n) is 2.15. The molecule has 1 fully saturated rings. The van der Waals surface area contributed by atoms with Crippen molar-refractivity contribution in [3.8, 4) is 0 Å². The van der Waals surface area contributed by atoms with E-state index in [2.05, 4.69) is 38.1 Å². The van der Waals surface area contributed by atoms with Gasteiger partial charge in [-0.1, -0.05) is 6.58 Å². The zero-order chi connectivity index (χ0) is 13.8. The second-order valence-electron chi connectivity index (χ2n) is 4.54. The van der Waals surface area contributed by atoms with E-state index in [-0.39, 0.29) is 0 Å². The monoisotopic (exact) mass is 287 g/mol. The molecule has 2 aromatic rings. The minimum Gasteiger partial charge on any atom is -0.369 e. The number of nitrogens with zero attached hydrogens (tertiary/aromatic N) is 3. The second kappa shape index (κ2) is 6.02. The van der Waals surface area contributed by atoms with Crippen molar-refractivity contribution in [1.29, 1.82) is 0 Å². The van der Waals surface area contributed by atoms with Gasteiger partial charge in [-0.15, -0.1) is 11.3 Å². The van der Waals surface area contributed by atoms with E-state index in [1.165, 1.54) is 5.69 Å². The van der Waals surface area contributed by atoms with Crippen LogP contribution in [-0.2, 0) is 0 Å². The molecule has 0 aromatic carbocycles. The minimum atomic E-state index is 0.825. The average Bonchev–Trinajstić information content (AvgIpc) is 2.96. The highest BCUT2D eigenvalue weighted by atomic mass is 32.1. The molecular weight excluding hydrogens is 270 g/mol. The molecule has 0 atom stereocenters. The van der Waals surface area contributed by atoms with Crippen molar-refractivity contribution < 1.29 is 0 Å². The molecular formula is C14H17N5S. The predicted octanol–water partition coefficient (Wildman–Crippen LogP) is 2.33. The third kappa shape index (κ3) is 2.97. The molecule has 1 saturated heterocycles. The van der Waals surface area contributed by atoms with Gasteiger partial charge in [-0.05, 0) is 12.1 Å². The number of rotatable bonds is 4. The molecule has 2 N–H and O–H groups in total. The van der Waals surface area contributed by atoms with Crippen LogP contribution < -0.4 is 15.5 Å². The summed E-state index contributed by atoms with van der Waals surface area (Å²) in [7, 11) is 0. The molecule has 3 rings (SSSR count). The Kier molecular flexibility index (Phi) is 3.94. The molecule has 1 aliphatic heterocycles. The summed E-state index contributed by atoms with van der Waals surface area (Å²) in [5.41, 5.74) is 2.08. The third-order valence-electron chi connectivity index (χ3n) is 3.19. The van der Waals surface area contributed by atoms with Gasteiger partial charge >= 0.3 is 0 Å². The number of aromatic nitrogens is 2. The number of anilines is 3. The maximum absolute atomic E-state index is 4.39. The van der Waals surface area contributed by atoms with Crippen LogP contribution in [0.25, 0.3) is 6.08 Å². The molecule has 0 amide bonds. The van der Waals surface area contributed by atoms with E-state index in [0.717, 1.165) is 42.8 Å². The van der Waals surface area contributed by atoms with Gasteiger partial charge in [0.25, 0.3) is 0 Å². The van der Waals surface area contributed by atoms with Crippen molar-refractivity contribution in [2.45, 2.75) is 0 Å². The molecule has 0 spiro atoms. The largest absolute Gasteiger partial charge is 0.369 e. The lowest BCUT2D eigenvalue weighted by molar-refractivity contribution is 0.589. The van der Waals surface area contributed by atoms with Crippen molar-refractivity contribution >= 4 is 34.0 Å². The molecule has 0 radical (unpaired) electrons. The van der Waals surface area contributed by atoms with Crippen LogP contribution >= 0.6 is 11.3 Å². The minimum absolute atomic E-state index is 0.825. The van der Waals surface area contributed by atoms with E-state index in [0.29, 0.717) is 0 Å². The van der Waals surface area contributed by atoms with Crippen LogP contribution in [0.15, 0.2) is 30.3 Å². The first-order valence-corrected chi connectivity index (χ1v) is 7.50. The zero-order valence-electron chi connectivity index (χ0n) is 11.2. The number of hydrogen-bond acceptors (Lipinski definition) is 6. The van der Waals surface area contributed by atoms with Crippen LogP contribution in [0.3, 0.4) is 0 Å². The molecule has 3 heterocycles. The van der Waals surface area contributed by atoms with Crippen molar-refractivity contribution in [3.05, 3.63) is 36.0 Å². The fraction of sp³-hybridized carbons (Fsp3) is 0.286. The van der Waals surface area contributed by atoms with Crippen LogP contribution in [0.4, 0.5) is 16.6 Å². The van der Waals surface area contributed by atoms with Gasteiger partial charge in [0.2, 0.25) is 0 Å². The Morgan fingerprint density at radius 2 is 2.25 bits per heavy atom. The van der Waals surface area contributed by atoms with Crippen LogP contribution in [0, 0.1) is 0 Å². The van der Waals surface area contributed by atoms with Gasteiger partial charge in [-0.3, -0.25) is 0 Å². The number of hydrogen-bond donors (Lipinski definition) is 2. The van der Waals surface area contributed by atoms with Crippen LogP contribution in [0.5, 0.6) is 0 Å². The van der Waals surface area contributed by atoms with Crippen LogP contribution in [0.2, 0.25) is 0 Å². The molecule has 2 aromatic heterocycles. The summed E-state index contributed by atoms with van der Waals surface area (Å²) in [6, 6.07) is 4.12. The van der Waals surface area contributed by atoms with E-state index in [1.807, 2.05) is 17.6 Å². The Labute approximate surface area is 122 Å². The molecule has 1 aliphatic rings. The van der Waals surface area contributed by atoms with Crippen LogP contribution in [-0.4, -0.2) is 36.1 Å². The smallest absolute Gasteiger partial charge is 0.188 e. The van der Waals surface area contributed by atoms with E-state index in [9.17, 15) is 0 Å². The van der Waals surface area contributed by atoms with E-state index in [4.69, 9.17) is 0 Å². The van der Waals surface area contributed by atoms with Gasteiger partial charge in [0.05, 0.1) is 5.69 Å². The normalized spacial score (nSPS) is 15.1. The van der Waals surface area contributed by atoms with E-state index < -0.39 is 0 Å². The summed E-state index contributed by atoms with van der Waals surface area (Å²) in [5.74, 6) is 0.825. The Bertz CT molecular complexity index is 589. The lowest BCUT2D eigenvalue weighted by atomic mass is 10.3. The summed E-state index contributed by atoms with van der Waals surface area (Å²) in [6.07, 6.45) is 3.58. The lowest BCUT2D eigenvalue weighted by Gasteiger charge is -2.29. The molecule has 6 heteroatoms. The topological polar surface area (TPSA) is 53.1 Å². The summed E-state index contributed by atoms with van der Waals surface area (Å²) in [5, 5.41) is 9.41. The third-order valence-corrected chi connectivity index (χ3v) is 3.97. The molecule has 20 heavy (non-hydrogen) atoms. The summed E-state index contributed by atoms with van der Waals surface area (Å²) < 4.78 is 0. The Hall–Kier alpha value is -1.92. The quantitative estimate of drug-likeness (QED) is 0.904. The first kappa shape index (κ1) is 13.1. The number of nitrogens with one attached hydrogen (secondary N) is 2. The molecule has 0 aliphatic carbocycles. The number of thiazole rings is 1. The first-order chi connectivity index (χ1) is 9.85. The number of piperazine rings is 1. The van der Waals surface area contributed by atoms with Gasteiger partial charge < -0.3 is 15.5 Å². The highest BCUT2D eigenvalue weighted by Crippen LogP contribution is 2.23. The maximum atomic E-state index is 4.39. The summed E-state index contributed by atoms with van der Waals surface area (Å²) in [4.78, 5) is 11.1. The van der Waals surface area contributed by atoms with E-state index in [1.54, 1.807) is 17.4 Å². The molecule has 0 saturated carbocycles. The zero-order valence-corrected chi connectivity index (χ0v) is 12.0. The Balaban J connectivity index is 1.74. The molecule has 104 valence electrons. The predicted molar refractivity (Wildman–Crippen MR) is 84.8 cm³/mol. The fourth-order valence-corrected chi connectivity index (χ4v) is 2.86. The molecule has 5 nitrogen and oxygen atoms in total. The summed E-state index contributed by atoms with van der Waals surface area (Å²) >= 11 is 1.55. The average molecular weight is 287 g/mol. The van der Waals surface area contributed by atoms with Gasteiger partial charge in [0.15, 0.2) is 5.13 Å². The maximum Gasteiger partial charge on any atom is 0.188 e. The standard InChI is InChI=1S/C14H17N5S/c1-2-11-10-20-14(17-11)18-13-9-12(3-4-16-13)19-7-5-15-6-8-19/h2-4,9-10,15H,1,5-8H2,(H,16,17,18). The first-order valence-electron chi connectivity index (χ1n) is 6.62. The van der Waals surface area contributed by atoms with E-state index >= 15 is 0 Å². The Morgan fingerprint density at radius 3 is 3.00 bits per heavy atom. The van der Waals surface area contributed by atoms with Crippen molar-refractivity contribution in [3.63, 3.8) is 0 Å². The summed E-state index contributed by atoms with van der Waals surface area (Å²) in [6.45, 7) is 7.83. The van der Waals surface area contributed by atoms with Gasteiger partial charge in [0, 0.05) is 49.5 Å².